The van der Waals surface area contributed by atoms with Gasteiger partial charge >= 0.3 is 12.0 Å². The first-order chi connectivity index (χ1) is 7.63. The summed E-state index contributed by atoms with van der Waals surface area (Å²) >= 11 is 0. The molecule has 0 radical (unpaired) electrons. The Hall–Kier alpha value is -2.04. The zero-order chi connectivity index (χ0) is 12.0. The third kappa shape index (κ3) is 3.61. The van der Waals surface area contributed by atoms with Crippen molar-refractivity contribution in [3.63, 3.8) is 0 Å². The number of rotatable bonds is 4. The zero-order valence-corrected chi connectivity index (χ0v) is 9.03. The number of hydrogen-bond donors (Lipinski definition) is 2. The van der Waals surface area contributed by atoms with Gasteiger partial charge in [-0.1, -0.05) is 6.92 Å². The van der Waals surface area contributed by atoms with Crippen molar-refractivity contribution in [3.05, 3.63) is 29.8 Å². The van der Waals surface area contributed by atoms with Gasteiger partial charge in [0.2, 0.25) is 0 Å². The number of urea groups is 1. The van der Waals surface area contributed by atoms with E-state index in [2.05, 4.69) is 5.32 Å². The molecule has 3 N–H and O–H groups in total. The minimum Gasteiger partial charge on any atom is -0.462 e. The van der Waals surface area contributed by atoms with E-state index in [4.69, 9.17) is 10.5 Å². The molecule has 0 aliphatic rings. The Bertz CT molecular complexity index is 373. The minimum atomic E-state index is -0.638. The lowest BCUT2D eigenvalue weighted by Crippen LogP contribution is -2.19. The molecule has 0 aliphatic heterocycles. The van der Waals surface area contributed by atoms with Gasteiger partial charge in [-0.3, -0.25) is 0 Å². The van der Waals surface area contributed by atoms with Crippen LogP contribution in [0.4, 0.5) is 10.5 Å². The van der Waals surface area contributed by atoms with Crippen molar-refractivity contribution in [2.75, 3.05) is 11.9 Å². The highest BCUT2D eigenvalue weighted by Gasteiger charge is 2.06. The Morgan fingerprint density at radius 3 is 2.44 bits per heavy atom. The van der Waals surface area contributed by atoms with Crippen LogP contribution in [0.2, 0.25) is 0 Å². The molecule has 1 aromatic carbocycles. The maximum Gasteiger partial charge on any atom is 0.338 e. The van der Waals surface area contributed by atoms with Crippen LogP contribution in [0.15, 0.2) is 24.3 Å². The Kier molecular flexibility index (Phi) is 4.32. The summed E-state index contributed by atoms with van der Waals surface area (Å²) in [5.74, 6) is -0.368. The quantitative estimate of drug-likeness (QED) is 0.761. The third-order valence-corrected chi connectivity index (χ3v) is 1.83. The summed E-state index contributed by atoms with van der Waals surface area (Å²) < 4.78 is 4.95. The van der Waals surface area contributed by atoms with Gasteiger partial charge in [0.1, 0.15) is 0 Å². The van der Waals surface area contributed by atoms with E-state index < -0.39 is 6.03 Å². The van der Waals surface area contributed by atoms with E-state index in [9.17, 15) is 9.59 Å². The Morgan fingerprint density at radius 2 is 1.94 bits per heavy atom. The SMILES string of the molecule is CCCOC(=O)c1ccc(NC(N)=O)cc1. The molecule has 0 saturated carbocycles. The number of carbonyl (C=O) groups is 2. The van der Waals surface area contributed by atoms with Gasteiger partial charge < -0.3 is 15.8 Å². The second-order valence-electron chi connectivity index (χ2n) is 3.20. The summed E-state index contributed by atoms with van der Waals surface area (Å²) in [6, 6.07) is 5.69. The van der Waals surface area contributed by atoms with E-state index in [1.807, 2.05) is 6.92 Å². The number of ether oxygens (including phenoxy) is 1. The average molecular weight is 222 g/mol. The summed E-state index contributed by atoms with van der Waals surface area (Å²) in [6.07, 6.45) is 0.785. The number of nitrogens with one attached hydrogen (secondary N) is 1. The number of esters is 1. The molecule has 0 unspecified atom stereocenters. The van der Waals surface area contributed by atoms with Crippen LogP contribution in [0.5, 0.6) is 0 Å². The molecule has 0 aromatic heterocycles. The second-order valence-corrected chi connectivity index (χ2v) is 3.20. The molecule has 86 valence electrons. The van der Waals surface area contributed by atoms with Crippen LogP contribution in [0.1, 0.15) is 23.7 Å². The summed E-state index contributed by atoms with van der Waals surface area (Å²) in [7, 11) is 0. The van der Waals surface area contributed by atoms with Crippen molar-refractivity contribution in [2.45, 2.75) is 13.3 Å². The molecule has 0 aliphatic carbocycles. The highest BCUT2D eigenvalue weighted by molar-refractivity contribution is 5.91. The molecular weight excluding hydrogens is 208 g/mol. The number of carbonyl (C=O) groups excluding carboxylic acids is 2. The first-order valence-electron chi connectivity index (χ1n) is 4.97. The van der Waals surface area contributed by atoms with Gasteiger partial charge in [0.05, 0.1) is 12.2 Å². The van der Waals surface area contributed by atoms with Gasteiger partial charge in [-0.2, -0.15) is 0 Å². The molecule has 5 heteroatoms. The molecule has 5 nitrogen and oxygen atoms in total. The number of anilines is 1. The Balaban J connectivity index is 2.63. The zero-order valence-electron chi connectivity index (χ0n) is 9.03. The molecule has 0 fully saturated rings. The summed E-state index contributed by atoms with van der Waals surface area (Å²) in [5, 5.41) is 2.40. The van der Waals surface area contributed by atoms with Crippen LogP contribution < -0.4 is 11.1 Å². The van der Waals surface area contributed by atoms with Crippen LogP contribution in [-0.2, 0) is 4.74 Å². The number of benzene rings is 1. The number of amides is 2. The summed E-state index contributed by atoms with van der Waals surface area (Å²) in [5.41, 5.74) is 5.94. The van der Waals surface area contributed by atoms with Gasteiger partial charge in [-0.05, 0) is 30.7 Å². The fourth-order valence-corrected chi connectivity index (χ4v) is 1.11. The summed E-state index contributed by atoms with van der Waals surface area (Å²) in [6.45, 7) is 2.33. The van der Waals surface area contributed by atoms with Gasteiger partial charge in [0, 0.05) is 5.69 Å². The first kappa shape index (κ1) is 12.0. The smallest absolute Gasteiger partial charge is 0.338 e. The Labute approximate surface area is 93.6 Å². The normalized spacial score (nSPS) is 9.56. The van der Waals surface area contributed by atoms with Crippen molar-refractivity contribution < 1.29 is 14.3 Å². The molecule has 16 heavy (non-hydrogen) atoms. The predicted molar refractivity (Wildman–Crippen MR) is 60.2 cm³/mol. The number of nitrogens with two attached hydrogens (primary N) is 1. The van der Waals surface area contributed by atoms with Gasteiger partial charge in [0.15, 0.2) is 0 Å². The molecule has 0 saturated heterocycles. The van der Waals surface area contributed by atoms with Crippen molar-refractivity contribution in [1.82, 2.24) is 0 Å². The molecule has 2 amide bonds. The maximum atomic E-state index is 11.4. The summed E-state index contributed by atoms with van der Waals surface area (Å²) in [4.78, 5) is 22.0. The van der Waals surface area contributed by atoms with E-state index in [1.165, 1.54) is 0 Å². The van der Waals surface area contributed by atoms with Crippen molar-refractivity contribution in [1.29, 1.82) is 0 Å². The molecule has 1 aromatic rings. The molecular formula is C11H14N2O3. The topological polar surface area (TPSA) is 81.4 Å². The highest BCUT2D eigenvalue weighted by Crippen LogP contribution is 2.10. The van der Waals surface area contributed by atoms with E-state index in [-0.39, 0.29) is 5.97 Å². The lowest BCUT2D eigenvalue weighted by atomic mass is 10.2. The first-order valence-corrected chi connectivity index (χ1v) is 4.97. The average Bonchev–Trinajstić information content (AvgIpc) is 2.26. The number of primary amides is 1. The Morgan fingerprint density at radius 1 is 1.31 bits per heavy atom. The van der Waals surface area contributed by atoms with Crippen molar-refractivity contribution in [2.24, 2.45) is 5.73 Å². The maximum absolute atomic E-state index is 11.4. The monoisotopic (exact) mass is 222 g/mol. The van der Waals surface area contributed by atoms with E-state index in [0.717, 1.165) is 6.42 Å². The second kappa shape index (κ2) is 5.75. The molecule has 0 heterocycles. The van der Waals surface area contributed by atoms with Gasteiger partial charge in [-0.15, -0.1) is 0 Å². The van der Waals surface area contributed by atoms with Crippen molar-refractivity contribution in [3.8, 4) is 0 Å². The fraction of sp³-hybridized carbons (Fsp3) is 0.273. The molecule has 0 bridgehead atoms. The van der Waals surface area contributed by atoms with Crippen LogP contribution in [0.25, 0.3) is 0 Å². The van der Waals surface area contributed by atoms with Crippen molar-refractivity contribution >= 4 is 17.7 Å². The van der Waals surface area contributed by atoms with E-state index in [1.54, 1.807) is 24.3 Å². The van der Waals surface area contributed by atoms with Crippen LogP contribution in [0, 0.1) is 0 Å². The lowest BCUT2D eigenvalue weighted by Gasteiger charge is -2.04. The lowest BCUT2D eigenvalue weighted by molar-refractivity contribution is 0.0505. The minimum absolute atomic E-state index is 0.368. The van der Waals surface area contributed by atoms with E-state index >= 15 is 0 Å². The molecule has 0 atom stereocenters. The van der Waals surface area contributed by atoms with Crippen LogP contribution in [-0.4, -0.2) is 18.6 Å². The highest BCUT2D eigenvalue weighted by atomic mass is 16.5. The van der Waals surface area contributed by atoms with Crippen LogP contribution >= 0.6 is 0 Å². The standard InChI is InChI=1S/C11H14N2O3/c1-2-7-16-10(14)8-3-5-9(6-4-8)13-11(12)15/h3-6H,2,7H2,1H3,(H3,12,13,15). The third-order valence-electron chi connectivity index (χ3n) is 1.83. The molecule has 1 rings (SSSR count). The van der Waals surface area contributed by atoms with Gasteiger partial charge in [-0.25, -0.2) is 9.59 Å². The number of hydrogen-bond acceptors (Lipinski definition) is 3. The largest absolute Gasteiger partial charge is 0.462 e. The predicted octanol–water partition coefficient (Wildman–Crippen LogP) is 1.74. The molecule has 0 spiro atoms. The van der Waals surface area contributed by atoms with E-state index in [0.29, 0.717) is 17.9 Å². The van der Waals surface area contributed by atoms with Crippen LogP contribution in [0.3, 0.4) is 0 Å². The fourth-order valence-electron chi connectivity index (χ4n) is 1.11. The van der Waals surface area contributed by atoms with Gasteiger partial charge in [0.25, 0.3) is 0 Å².